The molecule has 0 bridgehead atoms. The first-order valence-corrected chi connectivity index (χ1v) is 10.9. The number of nitrogens with zero attached hydrogens (tertiary/aromatic N) is 2. The molecule has 0 N–H and O–H groups in total. The van der Waals surface area contributed by atoms with Crippen LogP contribution in [0.2, 0.25) is 0 Å². The summed E-state index contributed by atoms with van der Waals surface area (Å²) in [6.45, 7) is 16.5. The van der Waals surface area contributed by atoms with Crippen LogP contribution in [0.4, 0.5) is 0 Å². The standard InChI is InChI=1S/C23H40N2O2/c1-4-6-16-26-18-19-27-17-15-24-11-13-25(14-12-24)20-22-7-9-23(10-8-22)21(3)5-2/h7-10,21H,4-6,11-20H2,1-3H3. The summed E-state index contributed by atoms with van der Waals surface area (Å²) in [6.07, 6.45) is 3.54. The predicted molar refractivity (Wildman–Crippen MR) is 113 cm³/mol. The van der Waals surface area contributed by atoms with Crippen LogP contribution < -0.4 is 0 Å². The van der Waals surface area contributed by atoms with E-state index in [2.05, 4.69) is 54.8 Å². The molecule has 0 spiro atoms. The maximum Gasteiger partial charge on any atom is 0.0701 e. The molecule has 1 aromatic rings. The van der Waals surface area contributed by atoms with Crippen LogP contribution in [-0.2, 0) is 16.0 Å². The zero-order valence-electron chi connectivity index (χ0n) is 17.8. The summed E-state index contributed by atoms with van der Waals surface area (Å²) in [7, 11) is 0. The third kappa shape index (κ3) is 8.73. The molecular formula is C23H40N2O2. The summed E-state index contributed by atoms with van der Waals surface area (Å²) in [6, 6.07) is 9.24. The van der Waals surface area contributed by atoms with Crippen LogP contribution in [-0.4, -0.2) is 69.0 Å². The van der Waals surface area contributed by atoms with Crippen LogP contribution in [0.5, 0.6) is 0 Å². The average Bonchev–Trinajstić information content (AvgIpc) is 2.71. The number of piperazine rings is 1. The number of hydrogen-bond acceptors (Lipinski definition) is 4. The van der Waals surface area contributed by atoms with Gasteiger partial charge in [0, 0.05) is 45.9 Å². The molecular weight excluding hydrogens is 336 g/mol. The minimum atomic E-state index is 0.660. The fourth-order valence-electron chi connectivity index (χ4n) is 3.38. The van der Waals surface area contributed by atoms with Gasteiger partial charge in [-0.3, -0.25) is 9.80 Å². The van der Waals surface area contributed by atoms with Crippen LogP contribution in [0.25, 0.3) is 0 Å². The smallest absolute Gasteiger partial charge is 0.0701 e. The van der Waals surface area contributed by atoms with Gasteiger partial charge in [-0.2, -0.15) is 0 Å². The lowest BCUT2D eigenvalue weighted by molar-refractivity contribution is 0.0305. The fraction of sp³-hybridized carbons (Fsp3) is 0.739. The lowest BCUT2D eigenvalue weighted by Crippen LogP contribution is -2.46. The van der Waals surface area contributed by atoms with Gasteiger partial charge in [-0.25, -0.2) is 0 Å². The van der Waals surface area contributed by atoms with Crippen LogP contribution in [0.1, 0.15) is 57.1 Å². The van der Waals surface area contributed by atoms with Crippen molar-refractivity contribution in [2.24, 2.45) is 0 Å². The summed E-state index contributed by atoms with van der Waals surface area (Å²) in [5, 5.41) is 0. The Kier molecular flexibility index (Phi) is 11.0. The first-order valence-electron chi connectivity index (χ1n) is 10.9. The topological polar surface area (TPSA) is 24.9 Å². The number of unbranched alkanes of at least 4 members (excludes halogenated alkanes) is 1. The molecule has 1 aliphatic rings. The molecule has 0 aliphatic carbocycles. The minimum absolute atomic E-state index is 0.660. The van der Waals surface area contributed by atoms with E-state index in [0.29, 0.717) is 5.92 Å². The Balaban J connectivity index is 1.55. The van der Waals surface area contributed by atoms with E-state index in [4.69, 9.17) is 9.47 Å². The molecule has 1 unspecified atom stereocenters. The normalized spacial score (nSPS) is 17.3. The van der Waals surface area contributed by atoms with Gasteiger partial charge < -0.3 is 9.47 Å². The van der Waals surface area contributed by atoms with Crippen molar-refractivity contribution < 1.29 is 9.47 Å². The second-order valence-corrected chi connectivity index (χ2v) is 7.75. The first kappa shape index (κ1) is 22.4. The van der Waals surface area contributed by atoms with Crippen molar-refractivity contribution >= 4 is 0 Å². The van der Waals surface area contributed by atoms with Gasteiger partial charge >= 0.3 is 0 Å². The van der Waals surface area contributed by atoms with Crippen molar-refractivity contribution in [3.63, 3.8) is 0 Å². The van der Waals surface area contributed by atoms with Gasteiger partial charge in [0.25, 0.3) is 0 Å². The highest BCUT2D eigenvalue weighted by molar-refractivity contribution is 5.25. The molecule has 0 saturated carbocycles. The van der Waals surface area contributed by atoms with Crippen LogP contribution in [0, 0.1) is 0 Å². The summed E-state index contributed by atoms with van der Waals surface area (Å²) in [5.74, 6) is 0.660. The Morgan fingerprint density at radius 3 is 2.11 bits per heavy atom. The highest BCUT2D eigenvalue weighted by Gasteiger charge is 2.16. The molecule has 0 amide bonds. The predicted octanol–water partition coefficient (Wildman–Crippen LogP) is 4.15. The van der Waals surface area contributed by atoms with E-state index < -0.39 is 0 Å². The minimum Gasteiger partial charge on any atom is -0.379 e. The highest BCUT2D eigenvalue weighted by atomic mass is 16.5. The lowest BCUT2D eigenvalue weighted by atomic mass is 9.97. The molecule has 1 heterocycles. The quantitative estimate of drug-likeness (QED) is 0.483. The molecule has 1 aromatic carbocycles. The van der Waals surface area contributed by atoms with E-state index in [0.717, 1.165) is 72.1 Å². The molecule has 1 aliphatic heterocycles. The van der Waals surface area contributed by atoms with Crippen molar-refractivity contribution in [3.8, 4) is 0 Å². The van der Waals surface area contributed by atoms with Gasteiger partial charge in [0.05, 0.1) is 19.8 Å². The van der Waals surface area contributed by atoms with E-state index in [1.807, 2.05) is 0 Å². The van der Waals surface area contributed by atoms with Gasteiger partial charge in [0.15, 0.2) is 0 Å². The van der Waals surface area contributed by atoms with Gasteiger partial charge in [-0.15, -0.1) is 0 Å². The molecule has 0 aromatic heterocycles. The van der Waals surface area contributed by atoms with Crippen molar-refractivity contribution in [2.75, 3.05) is 59.2 Å². The SMILES string of the molecule is CCCCOCCOCCN1CCN(Cc2ccc(C(C)CC)cc2)CC1. The van der Waals surface area contributed by atoms with E-state index >= 15 is 0 Å². The monoisotopic (exact) mass is 376 g/mol. The molecule has 4 heteroatoms. The summed E-state index contributed by atoms with van der Waals surface area (Å²) in [5.41, 5.74) is 2.89. The second-order valence-electron chi connectivity index (χ2n) is 7.75. The second kappa shape index (κ2) is 13.3. The molecule has 27 heavy (non-hydrogen) atoms. The molecule has 1 saturated heterocycles. The van der Waals surface area contributed by atoms with Crippen molar-refractivity contribution in [3.05, 3.63) is 35.4 Å². The van der Waals surface area contributed by atoms with Crippen LogP contribution in [0.15, 0.2) is 24.3 Å². The number of rotatable bonds is 13. The van der Waals surface area contributed by atoms with E-state index in [1.54, 1.807) is 0 Å². The van der Waals surface area contributed by atoms with E-state index in [9.17, 15) is 0 Å². The Bertz CT molecular complexity index is 484. The zero-order valence-corrected chi connectivity index (χ0v) is 17.8. The van der Waals surface area contributed by atoms with Crippen molar-refractivity contribution in [1.82, 2.24) is 9.80 Å². The molecule has 154 valence electrons. The number of ether oxygens (including phenoxy) is 2. The van der Waals surface area contributed by atoms with E-state index in [-0.39, 0.29) is 0 Å². The highest BCUT2D eigenvalue weighted by Crippen LogP contribution is 2.19. The maximum atomic E-state index is 5.70. The van der Waals surface area contributed by atoms with Crippen LogP contribution in [0.3, 0.4) is 0 Å². The molecule has 1 fully saturated rings. The summed E-state index contributed by atoms with van der Waals surface area (Å²) < 4.78 is 11.2. The fourth-order valence-corrected chi connectivity index (χ4v) is 3.38. The largest absolute Gasteiger partial charge is 0.379 e. The number of benzene rings is 1. The first-order chi connectivity index (χ1) is 13.2. The Hall–Kier alpha value is -0.940. The van der Waals surface area contributed by atoms with Gasteiger partial charge in [0.1, 0.15) is 0 Å². The Labute approximate surface area is 166 Å². The Morgan fingerprint density at radius 1 is 0.852 bits per heavy atom. The number of hydrogen-bond donors (Lipinski definition) is 0. The lowest BCUT2D eigenvalue weighted by Gasteiger charge is -2.34. The van der Waals surface area contributed by atoms with Gasteiger partial charge in [0.2, 0.25) is 0 Å². The Morgan fingerprint density at radius 2 is 1.48 bits per heavy atom. The zero-order chi connectivity index (χ0) is 19.3. The molecule has 0 radical (unpaired) electrons. The molecule has 4 nitrogen and oxygen atoms in total. The van der Waals surface area contributed by atoms with Gasteiger partial charge in [-0.05, 0) is 29.9 Å². The van der Waals surface area contributed by atoms with Crippen molar-refractivity contribution in [1.29, 1.82) is 0 Å². The molecule has 2 rings (SSSR count). The summed E-state index contributed by atoms with van der Waals surface area (Å²) >= 11 is 0. The van der Waals surface area contributed by atoms with Crippen LogP contribution >= 0.6 is 0 Å². The third-order valence-electron chi connectivity index (χ3n) is 5.60. The molecule has 1 atom stereocenters. The maximum absolute atomic E-state index is 5.70. The van der Waals surface area contributed by atoms with E-state index in [1.165, 1.54) is 24.0 Å². The average molecular weight is 377 g/mol. The third-order valence-corrected chi connectivity index (χ3v) is 5.60. The summed E-state index contributed by atoms with van der Waals surface area (Å²) in [4.78, 5) is 5.08. The van der Waals surface area contributed by atoms with Gasteiger partial charge in [-0.1, -0.05) is 51.5 Å². The van der Waals surface area contributed by atoms with Crippen molar-refractivity contribution in [2.45, 2.75) is 52.5 Å².